The predicted molar refractivity (Wildman–Crippen MR) is 81.4 cm³/mol. The van der Waals surface area contributed by atoms with Gasteiger partial charge in [0, 0.05) is 12.2 Å². The molecule has 0 spiro atoms. The lowest BCUT2D eigenvalue weighted by Gasteiger charge is -2.11. The highest BCUT2D eigenvalue weighted by Gasteiger charge is 2.17. The molecule has 1 aliphatic rings. The number of nitrogens with zero attached hydrogens (tertiary/aromatic N) is 2. The lowest BCUT2D eigenvalue weighted by molar-refractivity contribution is 0.461. The van der Waals surface area contributed by atoms with E-state index in [1.807, 2.05) is 18.2 Å². The Kier molecular flexibility index (Phi) is 4.16. The summed E-state index contributed by atoms with van der Waals surface area (Å²) in [6, 6.07) is 13.2. The topological polar surface area (TPSA) is 43.8 Å². The second-order valence-electron chi connectivity index (χ2n) is 5.78. The maximum atomic E-state index is 6.24. The zero-order chi connectivity index (χ0) is 13.8. The lowest BCUT2D eigenvalue weighted by Crippen LogP contribution is -2.11. The van der Waals surface area contributed by atoms with Crippen LogP contribution in [0.5, 0.6) is 0 Å². The van der Waals surface area contributed by atoms with Gasteiger partial charge >= 0.3 is 0 Å². The maximum absolute atomic E-state index is 6.24. The highest BCUT2D eigenvalue weighted by atomic mass is 15.3. The van der Waals surface area contributed by atoms with Crippen LogP contribution in [-0.4, -0.2) is 9.78 Å². The molecule has 1 aromatic carbocycles. The number of rotatable bonds is 5. The molecular weight excluding hydrogens is 246 g/mol. The first kappa shape index (κ1) is 13.4. The van der Waals surface area contributed by atoms with Gasteiger partial charge in [0.25, 0.3) is 0 Å². The van der Waals surface area contributed by atoms with E-state index in [1.165, 1.54) is 36.9 Å². The van der Waals surface area contributed by atoms with Crippen LogP contribution in [0, 0.1) is 0 Å². The molecular formula is C17H23N3. The van der Waals surface area contributed by atoms with Gasteiger partial charge in [-0.15, -0.1) is 0 Å². The van der Waals surface area contributed by atoms with E-state index < -0.39 is 0 Å². The monoisotopic (exact) mass is 269 g/mol. The zero-order valence-corrected chi connectivity index (χ0v) is 11.9. The Labute approximate surface area is 120 Å². The van der Waals surface area contributed by atoms with Gasteiger partial charge in [0.15, 0.2) is 0 Å². The lowest BCUT2D eigenvalue weighted by atomic mass is 10.0. The highest BCUT2D eigenvalue weighted by Crippen LogP contribution is 2.28. The van der Waals surface area contributed by atoms with Crippen LogP contribution in [0.2, 0.25) is 0 Å². The molecule has 1 heterocycles. The van der Waals surface area contributed by atoms with Gasteiger partial charge in [0.05, 0.1) is 11.7 Å². The van der Waals surface area contributed by atoms with Crippen LogP contribution in [0.4, 0.5) is 0 Å². The van der Waals surface area contributed by atoms with E-state index in [0.717, 1.165) is 12.8 Å². The number of nitrogens with two attached hydrogens (primary N) is 1. The smallest absolute Gasteiger partial charge is 0.0625 e. The molecule has 1 saturated carbocycles. The van der Waals surface area contributed by atoms with E-state index in [4.69, 9.17) is 10.8 Å². The molecule has 1 aliphatic carbocycles. The van der Waals surface area contributed by atoms with E-state index in [-0.39, 0.29) is 6.04 Å². The van der Waals surface area contributed by atoms with Gasteiger partial charge in [-0.3, -0.25) is 4.68 Å². The molecule has 106 valence electrons. The van der Waals surface area contributed by atoms with Crippen LogP contribution in [0.3, 0.4) is 0 Å². The number of hydrogen-bond acceptors (Lipinski definition) is 2. The van der Waals surface area contributed by atoms with E-state index >= 15 is 0 Å². The van der Waals surface area contributed by atoms with Gasteiger partial charge in [-0.05, 0) is 37.3 Å². The second-order valence-corrected chi connectivity index (χ2v) is 5.78. The molecule has 1 atom stereocenters. The molecule has 1 aromatic heterocycles. The molecule has 3 nitrogen and oxygen atoms in total. The summed E-state index contributed by atoms with van der Waals surface area (Å²) < 4.78 is 2.16. The van der Waals surface area contributed by atoms with Gasteiger partial charge in [0.1, 0.15) is 0 Å². The van der Waals surface area contributed by atoms with Gasteiger partial charge < -0.3 is 5.73 Å². The van der Waals surface area contributed by atoms with Crippen molar-refractivity contribution < 1.29 is 0 Å². The Morgan fingerprint density at radius 1 is 1.15 bits per heavy atom. The fourth-order valence-electron chi connectivity index (χ4n) is 3.05. The van der Waals surface area contributed by atoms with Gasteiger partial charge in [-0.2, -0.15) is 5.10 Å². The molecule has 3 heteroatoms. The molecule has 1 fully saturated rings. The van der Waals surface area contributed by atoms with Crippen molar-refractivity contribution >= 4 is 0 Å². The quantitative estimate of drug-likeness (QED) is 0.900. The van der Waals surface area contributed by atoms with Crippen LogP contribution in [0.25, 0.3) is 0 Å². The van der Waals surface area contributed by atoms with Crippen molar-refractivity contribution in [2.75, 3.05) is 0 Å². The Hall–Kier alpha value is -1.61. The van der Waals surface area contributed by atoms with Gasteiger partial charge in [-0.1, -0.05) is 43.2 Å². The third kappa shape index (κ3) is 3.10. The van der Waals surface area contributed by atoms with E-state index in [2.05, 4.69) is 29.1 Å². The molecule has 3 rings (SSSR count). The standard InChI is InChI=1S/C17H23N3/c18-17(14-6-2-1-3-7-14)11-10-15-12-13-20(19-15)16-8-4-5-9-16/h1-3,6-7,12-13,16-17H,4-5,8-11,18H2. The molecule has 0 saturated heterocycles. The molecule has 0 radical (unpaired) electrons. The van der Waals surface area contributed by atoms with Crippen LogP contribution in [0.1, 0.15) is 55.4 Å². The first-order chi connectivity index (χ1) is 9.83. The largest absolute Gasteiger partial charge is 0.324 e. The van der Waals surface area contributed by atoms with E-state index in [9.17, 15) is 0 Å². The average Bonchev–Trinajstić information content (AvgIpc) is 3.16. The number of benzene rings is 1. The van der Waals surface area contributed by atoms with E-state index in [0.29, 0.717) is 6.04 Å². The van der Waals surface area contributed by atoms with Crippen LogP contribution in [0.15, 0.2) is 42.6 Å². The Bertz CT molecular complexity index is 526. The van der Waals surface area contributed by atoms with Crippen LogP contribution < -0.4 is 5.73 Å². The Morgan fingerprint density at radius 2 is 1.90 bits per heavy atom. The summed E-state index contributed by atoms with van der Waals surface area (Å²) in [6.07, 6.45) is 9.30. The fraction of sp³-hybridized carbons (Fsp3) is 0.471. The number of aromatic nitrogens is 2. The summed E-state index contributed by atoms with van der Waals surface area (Å²) in [6.45, 7) is 0. The SMILES string of the molecule is NC(CCc1ccn(C2CCCC2)n1)c1ccccc1. The third-order valence-electron chi connectivity index (χ3n) is 4.30. The molecule has 0 aliphatic heterocycles. The van der Waals surface area contributed by atoms with Gasteiger partial charge in [0.2, 0.25) is 0 Å². The molecule has 1 unspecified atom stereocenters. The Balaban J connectivity index is 1.56. The van der Waals surface area contributed by atoms with Crippen molar-refractivity contribution in [1.29, 1.82) is 0 Å². The minimum absolute atomic E-state index is 0.104. The summed E-state index contributed by atoms with van der Waals surface area (Å²) in [5.41, 5.74) is 8.62. The minimum atomic E-state index is 0.104. The van der Waals surface area contributed by atoms with Crippen LogP contribution in [-0.2, 0) is 6.42 Å². The fourth-order valence-corrected chi connectivity index (χ4v) is 3.05. The van der Waals surface area contributed by atoms with Crippen LogP contribution >= 0.6 is 0 Å². The van der Waals surface area contributed by atoms with Gasteiger partial charge in [-0.25, -0.2) is 0 Å². The minimum Gasteiger partial charge on any atom is -0.324 e. The van der Waals surface area contributed by atoms with Crippen molar-refractivity contribution in [2.45, 2.75) is 50.6 Å². The molecule has 2 N–H and O–H groups in total. The summed E-state index contributed by atoms with van der Waals surface area (Å²) in [7, 11) is 0. The summed E-state index contributed by atoms with van der Waals surface area (Å²) in [5, 5.41) is 4.72. The number of aryl methyl sites for hydroxylation is 1. The van der Waals surface area contributed by atoms with Crippen molar-refractivity contribution in [2.24, 2.45) is 5.73 Å². The highest BCUT2D eigenvalue weighted by molar-refractivity contribution is 5.18. The van der Waals surface area contributed by atoms with E-state index in [1.54, 1.807) is 0 Å². The van der Waals surface area contributed by atoms with Crippen molar-refractivity contribution in [3.8, 4) is 0 Å². The predicted octanol–water partition coefficient (Wildman–Crippen LogP) is 3.63. The molecule has 0 amide bonds. The summed E-state index contributed by atoms with van der Waals surface area (Å²) in [5.74, 6) is 0. The average molecular weight is 269 g/mol. The Morgan fingerprint density at radius 3 is 2.65 bits per heavy atom. The second kappa shape index (κ2) is 6.23. The first-order valence-electron chi connectivity index (χ1n) is 7.67. The molecule has 0 bridgehead atoms. The van der Waals surface area contributed by atoms with Crippen molar-refractivity contribution in [1.82, 2.24) is 9.78 Å². The maximum Gasteiger partial charge on any atom is 0.0625 e. The van der Waals surface area contributed by atoms with Crippen molar-refractivity contribution in [3.05, 3.63) is 53.9 Å². The summed E-state index contributed by atoms with van der Waals surface area (Å²) >= 11 is 0. The molecule has 20 heavy (non-hydrogen) atoms. The zero-order valence-electron chi connectivity index (χ0n) is 11.9. The number of hydrogen-bond donors (Lipinski definition) is 1. The van der Waals surface area contributed by atoms with Crippen molar-refractivity contribution in [3.63, 3.8) is 0 Å². The molecule has 2 aromatic rings. The normalized spacial score (nSPS) is 17.4. The first-order valence-corrected chi connectivity index (χ1v) is 7.67. The third-order valence-corrected chi connectivity index (χ3v) is 4.30. The summed E-state index contributed by atoms with van der Waals surface area (Å²) in [4.78, 5) is 0.